The van der Waals surface area contributed by atoms with Gasteiger partial charge in [-0.1, -0.05) is 6.07 Å². The molecular formula is C15H23N3O3S. The molecule has 1 aliphatic heterocycles. The van der Waals surface area contributed by atoms with Gasteiger partial charge in [0.1, 0.15) is 0 Å². The number of aliphatic hydroxyl groups is 1. The number of β-amino-alcohol motifs (C(OH)–C–C–N with tert-alkyl or cyclic N) is 1. The Hall–Kier alpha value is -1.44. The van der Waals surface area contributed by atoms with Crippen LogP contribution in [0.5, 0.6) is 0 Å². The maximum Gasteiger partial charge on any atom is 0.225 e. The molecule has 122 valence electrons. The van der Waals surface area contributed by atoms with Gasteiger partial charge >= 0.3 is 0 Å². The van der Waals surface area contributed by atoms with Gasteiger partial charge in [-0.15, -0.1) is 11.3 Å². The van der Waals surface area contributed by atoms with Crippen molar-refractivity contribution in [1.82, 2.24) is 15.1 Å². The number of nitrogens with one attached hydrogen (secondary N) is 1. The fourth-order valence-corrected chi connectivity index (χ4v) is 3.40. The number of thiophene rings is 1. The summed E-state index contributed by atoms with van der Waals surface area (Å²) in [4.78, 5) is 28.8. The zero-order valence-electron chi connectivity index (χ0n) is 12.8. The van der Waals surface area contributed by atoms with Crippen LogP contribution in [0.1, 0.15) is 24.3 Å². The molecule has 1 aliphatic rings. The summed E-state index contributed by atoms with van der Waals surface area (Å²) in [7, 11) is 0. The van der Waals surface area contributed by atoms with Crippen LogP contribution in [0.15, 0.2) is 17.5 Å². The van der Waals surface area contributed by atoms with Crippen molar-refractivity contribution in [1.29, 1.82) is 0 Å². The molecule has 2 N–H and O–H groups in total. The number of carbonyl (C=O) groups excluding carboxylic acids is 2. The van der Waals surface area contributed by atoms with E-state index in [9.17, 15) is 9.59 Å². The molecule has 1 atom stereocenters. The average Bonchev–Trinajstić information content (AvgIpc) is 3.01. The Labute approximate surface area is 134 Å². The molecule has 2 amide bonds. The summed E-state index contributed by atoms with van der Waals surface area (Å²) in [5.74, 6) is -0.0604. The first-order valence-electron chi connectivity index (χ1n) is 7.51. The zero-order chi connectivity index (χ0) is 15.9. The van der Waals surface area contributed by atoms with E-state index in [1.165, 1.54) is 6.92 Å². The number of hydrogen-bond acceptors (Lipinski definition) is 5. The first-order valence-corrected chi connectivity index (χ1v) is 8.39. The number of carbonyl (C=O) groups is 2. The van der Waals surface area contributed by atoms with E-state index in [4.69, 9.17) is 5.11 Å². The minimum atomic E-state index is -0.250. The van der Waals surface area contributed by atoms with E-state index in [0.29, 0.717) is 26.1 Å². The molecule has 2 rings (SSSR count). The first-order chi connectivity index (χ1) is 10.6. The van der Waals surface area contributed by atoms with Crippen LogP contribution in [0.25, 0.3) is 0 Å². The molecule has 0 bridgehead atoms. The van der Waals surface area contributed by atoms with Crippen LogP contribution in [0.2, 0.25) is 0 Å². The fraction of sp³-hybridized carbons (Fsp3) is 0.600. The van der Waals surface area contributed by atoms with Crippen LogP contribution in [-0.2, 0) is 9.59 Å². The Kier molecular flexibility index (Phi) is 6.35. The minimum absolute atomic E-state index is 0.0656. The van der Waals surface area contributed by atoms with Crippen molar-refractivity contribution in [3.63, 3.8) is 0 Å². The normalized spacial score (nSPS) is 17.3. The van der Waals surface area contributed by atoms with E-state index in [2.05, 4.69) is 10.2 Å². The Morgan fingerprint density at radius 3 is 2.64 bits per heavy atom. The molecule has 7 heteroatoms. The van der Waals surface area contributed by atoms with Crippen LogP contribution in [-0.4, -0.2) is 66.1 Å². The molecule has 0 spiro atoms. The highest BCUT2D eigenvalue weighted by Crippen LogP contribution is 2.23. The molecule has 1 fully saturated rings. The molecule has 6 nitrogen and oxygen atoms in total. The van der Waals surface area contributed by atoms with E-state index >= 15 is 0 Å². The third kappa shape index (κ3) is 4.79. The van der Waals surface area contributed by atoms with Gasteiger partial charge in [0, 0.05) is 44.5 Å². The SMILES string of the molecule is CC(=O)N[C@H](CC(=O)N1CCN(CCO)CC1)c1cccs1. The lowest BCUT2D eigenvalue weighted by atomic mass is 10.1. The van der Waals surface area contributed by atoms with E-state index in [1.807, 2.05) is 22.4 Å². The number of aliphatic hydroxyl groups excluding tert-OH is 1. The lowest BCUT2D eigenvalue weighted by Crippen LogP contribution is -2.49. The second-order valence-electron chi connectivity index (χ2n) is 5.42. The van der Waals surface area contributed by atoms with E-state index in [1.54, 1.807) is 11.3 Å². The second-order valence-corrected chi connectivity index (χ2v) is 6.40. The highest BCUT2D eigenvalue weighted by atomic mass is 32.1. The molecule has 0 radical (unpaired) electrons. The van der Waals surface area contributed by atoms with Gasteiger partial charge in [0.15, 0.2) is 0 Å². The van der Waals surface area contributed by atoms with Crippen LogP contribution >= 0.6 is 11.3 Å². The standard InChI is InChI=1S/C15H23N3O3S/c1-12(20)16-13(14-3-2-10-22-14)11-15(21)18-6-4-17(5-7-18)8-9-19/h2-3,10,13,19H,4-9,11H2,1H3,(H,16,20)/t13-/m1/s1. The topological polar surface area (TPSA) is 72.9 Å². The van der Waals surface area contributed by atoms with E-state index < -0.39 is 0 Å². The van der Waals surface area contributed by atoms with Crippen molar-refractivity contribution in [2.24, 2.45) is 0 Å². The van der Waals surface area contributed by atoms with Gasteiger partial charge in [-0.2, -0.15) is 0 Å². The molecule has 2 heterocycles. The average molecular weight is 325 g/mol. The highest BCUT2D eigenvalue weighted by molar-refractivity contribution is 7.10. The third-order valence-electron chi connectivity index (χ3n) is 3.78. The van der Waals surface area contributed by atoms with Gasteiger partial charge in [0.25, 0.3) is 0 Å². The smallest absolute Gasteiger partial charge is 0.225 e. The van der Waals surface area contributed by atoms with Gasteiger partial charge < -0.3 is 15.3 Å². The van der Waals surface area contributed by atoms with Crippen LogP contribution in [0, 0.1) is 0 Å². The number of hydrogen-bond donors (Lipinski definition) is 2. The van der Waals surface area contributed by atoms with Crippen LogP contribution in [0.4, 0.5) is 0 Å². The molecule has 0 aliphatic carbocycles. The summed E-state index contributed by atoms with van der Waals surface area (Å²) in [6, 6.07) is 3.62. The van der Waals surface area contributed by atoms with E-state index in [0.717, 1.165) is 18.0 Å². The van der Waals surface area contributed by atoms with Crippen LogP contribution < -0.4 is 5.32 Å². The van der Waals surface area contributed by atoms with Crippen molar-refractivity contribution in [3.8, 4) is 0 Å². The molecule has 0 unspecified atom stereocenters. The number of rotatable bonds is 6. The lowest BCUT2D eigenvalue weighted by molar-refractivity contribution is -0.133. The quantitative estimate of drug-likeness (QED) is 0.797. The maximum absolute atomic E-state index is 12.5. The predicted molar refractivity (Wildman–Crippen MR) is 85.6 cm³/mol. The number of amides is 2. The molecule has 1 saturated heterocycles. The Morgan fingerprint density at radius 2 is 2.09 bits per heavy atom. The van der Waals surface area contributed by atoms with Crippen molar-refractivity contribution in [2.75, 3.05) is 39.3 Å². The molecule has 22 heavy (non-hydrogen) atoms. The summed E-state index contributed by atoms with van der Waals surface area (Å²) in [6.45, 7) is 5.21. The third-order valence-corrected chi connectivity index (χ3v) is 4.77. The minimum Gasteiger partial charge on any atom is -0.395 e. The molecule has 0 saturated carbocycles. The second kappa shape index (κ2) is 8.26. The summed E-state index contributed by atoms with van der Waals surface area (Å²) >= 11 is 1.55. The Morgan fingerprint density at radius 1 is 1.36 bits per heavy atom. The van der Waals surface area contributed by atoms with Crippen molar-refractivity contribution in [3.05, 3.63) is 22.4 Å². The lowest BCUT2D eigenvalue weighted by Gasteiger charge is -2.35. The van der Waals surface area contributed by atoms with Gasteiger partial charge in [0.2, 0.25) is 11.8 Å². The largest absolute Gasteiger partial charge is 0.395 e. The summed E-state index contributed by atoms with van der Waals surface area (Å²) < 4.78 is 0. The fourth-order valence-electron chi connectivity index (χ4n) is 2.62. The van der Waals surface area contributed by atoms with E-state index in [-0.39, 0.29) is 24.5 Å². The Bertz CT molecular complexity index is 484. The van der Waals surface area contributed by atoms with Crippen molar-refractivity contribution >= 4 is 23.2 Å². The summed E-state index contributed by atoms with van der Waals surface area (Å²) in [5.41, 5.74) is 0. The van der Waals surface area contributed by atoms with Gasteiger partial charge in [0.05, 0.1) is 19.1 Å². The summed E-state index contributed by atoms with van der Waals surface area (Å²) in [5, 5.41) is 13.7. The monoisotopic (exact) mass is 325 g/mol. The maximum atomic E-state index is 12.5. The number of piperazine rings is 1. The van der Waals surface area contributed by atoms with Crippen LogP contribution in [0.3, 0.4) is 0 Å². The molecule has 1 aromatic rings. The van der Waals surface area contributed by atoms with Crippen molar-refractivity contribution in [2.45, 2.75) is 19.4 Å². The number of nitrogens with zero attached hydrogens (tertiary/aromatic N) is 2. The van der Waals surface area contributed by atoms with Crippen molar-refractivity contribution < 1.29 is 14.7 Å². The molecular weight excluding hydrogens is 302 g/mol. The summed E-state index contributed by atoms with van der Waals surface area (Å²) in [6.07, 6.45) is 0.292. The highest BCUT2D eigenvalue weighted by Gasteiger charge is 2.24. The van der Waals surface area contributed by atoms with Gasteiger partial charge in [-0.25, -0.2) is 0 Å². The predicted octanol–water partition coefficient (Wildman–Crippen LogP) is 0.452. The molecule has 1 aromatic heterocycles. The zero-order valence-corrected chi connectivity index (χ0v) is 13.6. The Balaban J connectivity index is 1.90. The first kappa shape index (κ1) is 16.9. The van der Waals surface area contributed by atoms with Gasteiger partial charge in [-0.05, 0) is 11.4 Å². The van der Waals surface area contributed by atoms with Gasteiger partial charge in [-0.3, -0.25) is 14.5 Å². The molecule has 0 aromatic carbocycles.